The number of primary amides is 1. The Morgan fingerprint density at radius 3 is 2.25 bits per heavy atom. The highest BCUT2D eigenvalue weighted by molar-refractivity contribution is 5.99. The fraction of sp³-hybridized carbons (Fsp3) is 0.286. The van der Waals surface area contributed by atoms with Crippen LogP contribution in [-0.2, 0) is 9.59 Å². The Labute approximate surface area is 164 Å². The van der Waals surface area contributed by atoms with Crippen LogP contribution in [0, 0.1) is 0 Å². The molecule has 0 aromatic heterocycles. The molecule has 2 aromatic rings. The topological polar surface area (TPSA) is 111 Å². The van der Waals surface area contributed by atoms with Gasteiger partial charge in [0.1, 0.15) is 11.3 Å². The molecule has 7 heteroatoms. The molecule has 0 saturated heterocycles. The molecule has 0 aliphatic carbocycles. The van der Waals surface area contributed by atoms with Crippen molar-refractivity contribution in [2.24, 2.45) is 5.73 Å². The number of hydrogen-bond acceptors (Lipinski definition) is 4. The molecule has 148 valence electrons. The molecule has 1 atom stereocenters. The summed E-state index contributed by atoms with van der Waals surface area (Å²) < 4.78 is 5.51. The molecule has 0 saturated carbocycles. The van der Waals surface area contributed by atoms with Crippen molar-refractivity contribution >= 4 is 17.7 Å². The van der Waals surface area contributed by atoms with Gasteiger partial charge in [-0.3, -0.25) is 14.4 Å². The number of rotatable bonds is 7. The van der Waals surface area contributed by atoms with Crippen LogP contribution in [-0.4, -0.2) is 36.4 Å². The summed E-state index contributed by atoms with van der Waals surface area (Å²) in [5.41, 5.74) is 6.38. The zero-order valence-corrected chi connectivity index (χ0v) is 16.4. The second kappa shape index (κ2) is 8.56. The van der Waals surface area contributed by atoms with Crippen LogP contribution in [0.3, 0.4) is 0 Å². The van der Waals surface area contributed by atoms with E-state index < -0.39 is 17.6 Å². The Hall–Kier alpha value is -3.35. The van der Waals surface area contributed by atoms with Crippen LogP contribution in [0.25, 0.3) is 11.1 Å². The van der Waals surface area contributed by atoms with Gasteiger partial charge in [0.25, 0.3) is 11.8 Å². The van der Waals surface area contributed by atoms with E-state index in [0.717, 1.165) is 11.1 Å². The van der Waals surface area contributed by atoms with Crippen LogP contribution in [0.4, 0.5) is 0 Å². The Kier molecular flexibility index (Phi) is 6.41. The van der Waals surface area contributed by atoms with E-state index in [1.807, 2.05) is 12.1 Å². The minimum absolute atomic E-state index is 0.278. The molecule has 0 heterocycles. The third kappa shape index (κ3) is 5.09. The van der Waals surface area contributed by atoms with Gasteiger partial charge in [0, 0.05) is 12.6 Å². The van der Waals surface area contributed by atoms with Crippen molar-refractivity contribution in [2.45, 2.75) is 32.4 Å². The van der Waals surface area contributed by atoms with Crippen LogP contribution in [0.2, 0.25) is 0 Å². The Morgan fingerprint density at radius 1 is 1.04 bits per heavy atom. The highest BCUT2D eigenvalue weighted by Gasteiger charge is 2.28. The molecule has 0 aliphatic rings. The van der Waals surface area contributed by atoms with E-state index >= 15 is 0 Å². The standard InChI is InChI=1S/C21H25N3O4/c1-13(18(22)25)28-17-7-5-6-16(12-17)14-8-10-15(11-9-14)19(26)24-21(2,3)20(27)23-4/h5-13H,1-4H3,(H2,22,25)(H,23,27)(H,24,26)/t13-/m1/s1. The molecule has 2 aromatic carbocycles. The van der Waals surface area contributed by atoms with Gasteiger partial charge in [-0.2, -0.15) is 0 Å². The lowest BCUT2D eigenvalue weighted by atomic mass is 10.0. The van der Waals surface area contributed by atoms with E-state index in [9.17, 15) is 14.4 Å². The summed E-state index contributed by atoms with van der Waals surface area (Å²) in [6, 6.07) is 14.2. The SMILES string of the molecule is CNC(=O)C(C)(C)NC(=O)c1ccc(-c2cccc(O[C@H](C)C(N)=O)c2)cc1. The zero-order valence-electron chi connectivity index (χ0n) is 16.4. The zero-order chi connectivity index (χ0) is 20.9. The monoisotopic (exact) mass is 383 g/mol. The molecule has 28 heavy (non-hydrogen) atoms. The highest BCUT2D eigenvalue weighted by Crippen LogP contribution is 2.25. The normalized spacial score (nSPS) is 12.0. The van der Waals surface area contributed by atoms with Crippen molar-refractivity contribution in [1.29, 1.82) is 0 Å². The molecule has 0 bridgehead atoms. The minimum Gasteiger partial charge on any atom is -0.481 e. The Morgan fingerprint density at radius 2 is 1.68 bits per heavy atom. The number of nitrogens with two attached hydrogens (primary N) is 1. The summed E-state index contributed by atoms with van der Waals surface area (Å²) >= 11 is 0. The number of nitrogens with one attached hydrogen (secondary N) is 2. The Balaban J connectivity index is 2.15. The number of carbonyl (C=O) groups is 3. The average Bonchev–Trinajstić information content (AvgIpc) is 2.67. The fourth-order valence-electron chi connectivity index (χ4n) is 2.55. The van der Waals surface area contributed by atoms with Gasteiger partial charge in [0.05, 0.1) is 0 Å². The van der Waals surface area contributed by atoms with Gasteiger partial charge in [-0.25, -0.2) is 0 Å². The van der Waals surface area contributed by atoms with Crippen molar-refractivity contribution in [1.82, 2.24) is 10.6 Å². The predicted molar refractivity (Wildman–Crippen MR) is 107 cm³/mol. The molecular weight excluding hydrogens is 358 g/mol. The number of benzene rings is 2. The molecule has 0 radical (unpaired) electrons. The van der Waals surface area contributed by atoms with E-state index in [2.05, 4.69) is 10.6 Å². The quantitative estimate of drug-likeness (QED) is 0.678. The lowest BCUT2D eigenvalue weighted by Crippen LogP contribution is -2.53. The Bertz CT molecular complexity index is 875. The van der Waals surface area contributed by atoms with Crippen molar-refractivity contribution < 1.29 is 19.1 Å². The molecule has 2 rings (SSSR count). The van der Waals surface area contributed by atoms with Gasteiger partial charge in [0.2, 0.25) is 5.91 Å². The average molecular weight is 383 g/mol. The smallest absolute Gasteiger partial charge is 0.258 e. The minimum atomic E-state index is -1.02. The molecule has 0 spiro atoms. The maximum Gasteiger partial charge on any atom is 0.258 e. The first-order valence-corrected chi connectivity index (χ1v) is 8.85. The maximum atomic E-state index is 12.4. The number of carbonyl (C=O) groups excluding carboxylic acids is 3. The summed E-state index contributed by atoms with van der Waals surface area (Å²) in [4.78, 5) is 35.4. The summed E-state index contributed by atoms with van der Waals surface area (Å²) in [5.74, 6) is -0.634. The first-order valence-electron chi connectivity index (χ1n) is 8.85. The number of amides is 3. The third-order valence-electron chi connectivity index (χ3n) is 4.25. The molecule has 7 nitrogen and oxygen atoms in total. The van der Waals surface area contributed by atoms with Crippen LogP contribution in [0.15, 0.2) is 48.5 Å². The van der Waals surface area contributed by atoms with Gasteiger partial charge >= 0.3 is 0 Å². The summed E-state index contributed by atoms with van der Waals surface area (Å²) in [7, 11) is 1.52. The summed E-state index contributed by atoms with van der Waals surface area (Å²) in [6.07, 6.45) is -0.731. The predicted octanol–water partition coefficient (Wildman–Crippen LogP) is 1.86. The largest absolute Gasteiger partial charge is 0.481 e. The molecule has 3 amide bonds. The summed E-state index contributed by atoms with van der Waals surface area (Å²) in [6.45, 7) is 4.86. The first-order chi connectivity index (χ1) is 13.1. The van der Waals surface area contributed by atoms with Crippen molar-refractivity contribution in [2.75, 3.05) is 7.05 Å². The number of hydrogen-bond donors (Lipinski definition) is 3. The van der Waals surface area contributed by atoms with Crippen LogP contribution < -0.4 is 21.1 Å². The molecule has 0 unspecified atom stereocenters. The molecular formula is C21H25N3O4. The van der Waals surface area contributed by atoms with E-state index in [-0.39, 0.29) is 11.8 Å². The van der Waals surface area contributed by atoms with E-state index in [0.29, 0.717) is 11.3 Å². The third-order valence-corrected chi connectivity index (χ3v) is 4.25. The van der Waals surface area contributed by atoms with Crippen molar-refractivity contribution in [3.63, 3.8) is 0 Å². The highest BCUT2D eigenvalue weighted by atomic mass is 16.5. The van der Waals surface area contributed by atoms with Gasteiger partial charge < -0.3 is 21.1 Å². The molecule has 0 aliphatic heterocycles. The van der Waals surface area contributed by atoms with Gasteiger partial charge in [-0.15, -0.1) is 0 Å². The van der Waals surface area contributed by atoms with Crippen LogP contribution in [0.1, 0.15) is 31.1 Å². The van der Waals surface area contributed by atoms with Crippen molar-refractivity contribution in [3.05, 3.63) is 54.1 Å². The van der Waals surface area contributed by atoms with E-state index in [4.69, 9.17) is 10.5 Å². The van der Waals surface area contributed by atoms with E-state index in [1.54, 1.807) is 57.2 Å². The lowest BCUT2D eigenvalue weighted by molar-refractivity contribution is -0.125. The first kappa shape index (κ1) is 21.0. The molecule has 0 fully saturated rings. The van der Waals surface area contributed by atoms with Crippen LogP contribution >= 0.6 is 0 Å². The summed E-state index contributed by atoms with van der Waals surface area (Å²) in [5, 5.41) is 5.23. The maximum absolute atomic E-state index is 12.4. The number of ether oxygens (including phenoxy) is 1. The number of likely N-dealkylation sites (N-methyl/N-ethyl adjacent to an activating group) is 1. The molecule has 4 N–H and O–H groups in total. The second-order valence-electron chi connectivity index (χ2n) is 6.93. The lowest BCUT2D eigenvalue weighted by Gasteiger charge is -2.24. The van der Waals surface area contributed by atoms with E-state index in [1.165, 1.54) is 7.05 Å². The van der Waals surface area contributed by atoms with Gasteiger partial charge in [0.15, 0.2) is 6.10 Å². The van der Waals surface area contributed by atoms with Gasteiger partial charge in [-0.1, -0.05) is 24.3 Å². The van der Waals surface area contributed by atoms with Crippen molar-refractivity contribution in [3.8, 4) is 16.9 Å². The van der Waals surface area contributed by atoms with Gasteiger partial charge in [-0.05, 0) is 56.2 Å². The fourth-order valence-corrected chi connectivity index (χ4v) is 2.55. The van der Waals surface area contributed by atoms with Crippen LogP contribution in [0.5, 0.6) is 5.75 Å². The second-order valence-corrected chi connectivity index (χ2v) is 6.93.